The van der Waals surface area contributed by atoms with Crippen LogP contribution in [-0.2, 0) is 5.41 Å². The second-order valence-corrected chi connectivity index (χ2v) is 13.1. The van der Waals surface area contributed by atoms with Crippen molar-refractivity contribution in [2.24, 2.45) is 0 Å². The second kappa shape index (κ2) is 12.3. The van der Waals surface area contributed by atoms with Crippen molar-refractivity contribution < 1.29 is 0 Å². The van der Waals surface area contributed by atoms with E-state index in [0.717, 1.165) is 46.7 Å². The van der Waals surface area contributed by atoms with Crippen molar-refractivity contribution in [3.05, 3.63) is 192 Å². The standard InChI is InChI=1S/C47H36N2/c1-5-17-33(18-6-1)43-32-44(34-19-7-2-8-20-34)49-46(48-43)36-22-15-21-35(31-36)39-28-16-30-42-45(39)40-27-13-14-29-41(40)47(42,37-23-9-3-10-24-37)38-25-11-4-12-26-38/h1-3,5-10,13-25,27-32H,4,11-12,26H2. The average molecular weight is 629 g/mol. The lowest BCUT2D eigenvalue weighted by Gasteiger charge is -2.37. The number of fused-ring (bicyclic) bond motifs is 3. The number of rotatable bonds is 6. The first kappa shape index (κ1) is 29.3. The van der Waals surface area contributed by atoms with Gasteiger partial charge in [0.15, 0.2) is 5.82 Å². The first-order chi connectivity index (χ1) is 24.3. The predicted octanol–water partition coefficient (Wildman–Crippen LogP) is 12.0. The van der Waals surface area contributed by atoms with Gasteiger partial charge in [0.25, 0.3) is 0 Å². The van der Waals surface area contributed by atoms with Gasteiger partial charge in [0.1, 0.15) is 0 Å². The molecule has 9 rings (SSSR count). The second-order valence-electron chi connectivity index (χ2n) is 13.1. The van der Waals surface area contributed by atoms with Crippen LogP contribution >= 0.6 is 0 Å². The fourth-order valence-corrected chi connectivity index (χ4v) is 8.19. The molecule has 1 unspecified atom stereocenters. The van der Waals surface area contributed by atoms with E-state index in [-0.39, 0.29) is 5.41 Å². The van der Waals surface area contributed by atoms with Crippen LogP contribution in [0.4, 0.5) is 0 Å². The van der Waals surface area contributed by atoms with E-state index in [0.29, 0.717) is 0 Å². The number of hydrogen-bond donors (Lipinski definition) is 0. The lowest BCUT2D eigenvalue weighted by Crippen LogP contribution is -2.30. The van der Waals surface area contributed by atoms with Crippen LogP contribution in [0.1, 0.15) is 42.4 Å². The van der Waals surface area contributed by atoms with Crippen LogP contribution < -0.4 is 0 Å². The molecule has 1 aromatic heterocycles. The Hall–Kier alpha value is -5.86. The number of aromatic nitrogens is 2. The molecule has 0 spiro atoms. The van der Waals surface area contributed by atoms with Crippen molar-refractivity contribution in [2.75, 3.05) is 0 Å². The smallest absolute Gasteiger partial charge is 0.160 e. The molecule has 0 saturated carbocycles. The topological polar surface area (TPSA) is 25.8 Å². The zero-order valence-electron chi connectivity index (χ0n) is 27.4. The van der Waals surface area contributed by atoms with Gasteiger partial charge in [-0.1, -0.05) is 163 Å². The molecule has 0 amide bonds. The van der Waals surface area contributed by atoms with Gasteiger partial charge in [0.05, 0.1) is 16.8 Å². The summed E-state index contributed by atoms with van der Waals surface area (Å²) in [5.41, 5.74) is 15.4. The van der Waals surface area contributed by atoms with E-state index in [2.05, 4.69) is 158 Å². The molecule has 7 aromatic rings. The molecule has 6 aromatic carbocycles. The molecule has 0 aliphatic heterocycles. The van der Waals surface area contributed by atoms with Gasteiger partial charge in [-0.15, -0.1) is 0 Å². The van der Waals surface area contributed by atoms with E-state index in [1.54, 1.807) is 0 Å². The van der Waals surface area contributed by atoms with Crippen molar-refractivity contribution in [3.8, 4) is 56.2 Å². The minimum absolute atomic E-state index is 0.307. The van der Waals surface area contributed by atoms with Gasteiger partial charge in [-0.05, 0) is 76.8 Å². The molecule has 0 fully saturated rings. The minimum atomic E-state index is -0.307. The Bertz CT molecular complexity index is 2270. The zero-order valence-corrected chi connectivity index (χ0v) is 27.4. The highest BCUT2D eigenvalue weighted by Crippen LogP contribution is 2.59. The Morgan fingerprint density at radius 2 is 1.02 bits per heavy atom. The van der Waals surface area contributed by atoms with Crippen LogP contribution in [0.2, 0.25) is 0 Å². The molecule has 2 nitrogen and oxygen atoms in total. The lowest BCUT2D eigenvalue weighted by molar-refractivity contribution is 0.612. The van der Waals surface area contributed by atoms with E-state index in [1.807, 2.05) is 12.1 Å². The fourth-order valence-electron chi connectivity index (χ4n) is 8.19. The van der Waals surface area contributed by atoms with Crippen molar-refractivity contribution in [3.63, 3.8) is 0 Å². The van der Waals surface area contributed by atoms with Crippen molar-refractivity contribution >= 4 is 0 Å². The minimum Gasteiger partial charge on any atom is -0.228 e. The Morgan fingerprint density at radius 3 is 1.71 bits per heavy atom. The van der Waals surface area contributed by atoms with Crippen LogP contribution in [0, 0.1) is 0 Å². The number of allylic oxidation sites excluding steroid dienone is 2. The molecular formula is C47H36N2. The third kappa shape index (κ3) is 4.95. The summed E-state index contributed by atoms with van der Waals surface area (Å²) in [4.78, 5) is 10.3. The SMILES string of the molecule is C1=C(C2(c3ccccc3)c3ccccc3-c3c(-c4cccc(-c5nc(-c6ccccc6)cc(-c6ccccc6)n5)c4)cccc32)CCCC1. The van der Waals surface area contributed by atoms with E-state index in [9.17, 15) is 0 Å². The lowest BCUT2D eigenvalue weighted by atomic mass is 9.65. The third-order valence-electron chi connectivity index (χ3n) is 10.3. The summed E-state index contributed by atoms with van der Waals surface area (Å²) in [5.74, 6) is 0.723. The van der Waals surface area contributed by atoms with Crippen molar-refractivity contribution in [1.82, 2.24) is 9.97 Å². The van der Waals surface area contributed by atoms with E-state index in [1.165, 1.54) is 57.4 Å². The average Bonchev–Trinajstić information content (AvgIpc) is 3.50. The molecule has 0 saturated heterocycles. The largest absolute Gasteiger partial charge is 0.228 e. The summed E-state index contributed by atoms with van der Waals surface area (Å²) in [6.07, 6.45) is 7.27. The van der Waals surface area contributed by atoms with Crippen LogP contribution in [-0.4, -0.2) is 9.97 Å². The Balaban J connectivity index is 1.25. The maximum atomic E-state index is 5.15. The molecule has 49 heavy (non-hydrogen) atoms. The Kier molecular flexibility index (Phi) is 7.35. The maximum Gasteiger partial charge on any atom is 0.160 e. The highest BCUT2D eigenvalue weighted by molar-refractivity contribution is 5.96. The molecule has 0 radical (unpaired) electrons. The highest BCUT2D eigenvalue weighted by atomic mass is 14.9. The predicted molar refractivity (Wildman–Crippen MR) is 202 cm³/mol. The molecule has 0 N–H and O–H groups in total. The Labute approximate surface area is 288 Å². The first-order valence-corrected chi connectivity index (χ1v) is 17.4. The van der Waals surface area contributed by atoms with Gasteiger partial charge in [0.2, 0.25) is 0 Å². The third-order valence-corrected chi connectivity index (χ3v) is 10.3. The van der Waals surface area contributed by atoms with Crippen LogP contribution in [0.15, 0.2) is 175 Å². The summed E-state index contributed by atoms with van der Waals surface area (Å²) in [5, 5.41) is 0. The molecule has 2 heteroatoms. The van der Waals surface area contributed by atoms with Gasteiger partial charge in [-0.2, -0.15) is 0 Å². The normalized spacial score (nSPS) is 16.4. The summed E-state index contributed by atoms with van der Waals surface area (Å²) in [6.45, 7) is 0. The molecule has 2 aliphatic carbocycles. The van der Waals surface area contributed by atoms with E-state index < -0.39 is 0 Å². The number of nitrogens with zero attached hydrogens (tertiary/aromatic N) is 2. The van der Waals surface area contributed by atoms with E-state index >= 15 is 0 Å². The summed E-state index contributed by atoms with van der Waals surface area (Å²) in [6, 6.07) is 58.9. The molecule has 1 atom stereocenters. The maximum absolute atomic E-state index is 5.15. The molecular weight excluding hydrogens is 593 g/mol. The van der Waals surface area contributed by atoms with Crippen molar-refractivity contribution in [2.45, 2.75) is 31.1 Å². The quantitative estimate of drug-likeness (QED) is 0.171. The van der Waals surface area contributed by atoms with Gasteiger partial charge >= 0.3 is 0 Å². The molecule has 234 valence electrons. The Morgan fingerprint density at radius 1 is 0.449 bits per heavy atom. The fraction of sp³-hybridized carbons (Fsp3) is 0.106. The van der Waals surface area contributed by atoms with E-state index in [4.69, 9.17) is 9.97 Å². The van der Waals surface area contributed by atoms with Crippen LogP contribution in [0.25, 0.3) is 56.2 Å². The summed E-state index contributed by atoms with van der Waals surface area (Å²) < 4.78 is 0. The summed E-state index contributed by atoms with van der Waals surface area (Å²) >= 11 is 0. The van der Waals surface area contributed by atoms with Gasteiger partial charge < -0.3 is 0 Å². The molecule has 1 heterocycles. The zero-order chi connectivity index (χ0) is 32.6. The van der Waals surface area contributed by atoms with Gasteiger partial charge in [-0.25, -0.2) is 9.97 Å². The van der Waals surface area contributed by atoms with Crippen LogP contribution in [0.3, 0.4) is 0 Å². The van der Waals surface area contributed by atoms with Crippen molar-refractivity contribution in [1.29, 1.82) is 0 Å². The highest BCUT2D eigenvalue weighted by Gasteiger charge is 2.47. The van der Waals surface area contributed by atoms with Gasteiger partial charge in [0, 0.05) is 16.7 Å². The molecule has 0 bridgehead atoms. The van der Waals surface area contributed by atoms with Crippen LogP contribution in [0.5, 0.6) is 0 Å². The first-order valence-electron chi connectivity index (χ1n) is 17.4. The summed E-state index contributed by atoms with van der Waals surface area (Å²) in [7, 11) is 0. The number of hydrogen-bond acceptors (Lipinski definition) is 2. The molecule has 2 aliphatic rings. The van der Waals surface area contributed by atoms with Gasteiger partial charge in [-0.3, -0.25) is 0 Å². The monoisotopic (exact) mass is 628 g/mol. The number of benzene rings is 6.